The molecule has 0 saturated heterocycles. The van der Waals surface area contributed by atoms with E-state index in [1.54, 1.807) is 6.07 Å². The predicted octanol–water partition coefficient (Wildman–Crippen LogP) is 2.02. The van der Waals surface area contributed by atoms with Crippen LogP contribution in [0.2, 0.25) is 0 Å². The molecule has 1 aliphatic rings. The fraction of sp³-hybridized carbons (Fsp3) is 0.667. The molecule has 1 aromatic heterocycles. The number of rotatable bonds is 3. The summed E-state index contributed by atoms with van der Waals surface area (Å²) >= 11 is 0. The molecule has 0 radical (unpaired) electrons. The van der Waals surface area contributed by atoms with E-state index in [9.17, 15) is 0 Å². The van der Waals surface area contributed by atoms with Crippen LogP contribution in [-0.4, -0.2) is 16.0 Å². The van der Waals surface area contributed by atoms with Crippen LogP contribution < -0.4 is 16.8 Å². The summed E-state index contributed by atoms with van der Waals surface area (Å²) in [7, 11) is 0. The second kappa shape index (κ2) is 5.21. The molecular formula is C12H21N5. The van der Waals surface area contributed by atoms with Crippen LogP contribution in [0.1, 0.15) is 39.0 Å². The van der Waals surface area contributed by atoms with E-state index in [2.05, 4.69) is 22.2 Å². The second-order valence-corrected chi connectivity index (χ2v) is 4.87. The minimum Gasteiger partial charge on any atom is -0.383 e. The van der Waals surface area contributed by atoms with Gasteiger partial charge in [0.2, 0.25) is 5.95 Å². The van der Waals surface area contributed by atoms with Crippen LogP contribution in [0.25, 0.3) is 0 Å². The van der Waals surface area contributed by atoms with Gasteiger partial charge >= 0.3 is 0 Å². The van der Waals surface area contributed by atoms with Gasteiger partial charge in [0.05, 0.1) is 0 Å². The molecule has 1 fully saturated rings. The Kier molecular flexibility index (Phi) is 3.66. The summed E-state index contributed by atoms with van der Waals surface area (Å²) < 4.78 is 0. The van der Waals surface area contributed by atoms with Gasteiger partial charge < -0.3 is 16.8 Å². The molecule has 0 aromatic carbocycles. The molecule has 17 heavy (non-hydrogen) atoms. The SMILES string of the molecule is CC(Nc1cc(N)nc(N)n1)C1CCCCC1. The highest BCUT2D eigenvalue weighted by molar-refractivity contribution is 5.48. The Morgan fingerprint density at radius 2 is 1.94 bits per heavy atom. The van der Waals surface area contributed by atoms with Crippen LogP contribution in [0.3, 0.4) is 0 Å². The molecule has 5 nitrogen and oxygen atoms in total. The van der Waals surface area contributed by atoms with Gasteiger partial charge in [-0.1, -0.05) is 19.3 Å². The van der Waals surface area contributed by atoms with Gasteiger partial charge in [0.15, 0.2) is 0 Å². The van der Waals surface area contributed by atoms with E-state index in [1.165, 1.54) is 32.1 Å². The highest BCUT2D eigenvalue weighted by atomic mass is 15.1. The minimum absolute atomic E-state index is 0.225. The van der Waals surface area contributed by atoms with Crippen LogP contribution in [-0.2, 0) is 0 Å². The number of aromatic nitrogens is 2. The summed E-state index contributed by atoms with van der Waals surface area (Å²) in [6.45, 7) is 2.20. The molecule has 1 aromatic rings. The summed E-state index contributed by atoms with van der Waals surface area (Å²) in [6, 6.07) is 2.14. The molecular weight excluding hydrogens is 214 g/mol. The summed E-state index contributed by atoms with van der Waals surface area (Å²) in [6.07, 6.45) is 6.64. The van der Waals surface area contributed by atoms with Gasteiger partial charge in [-0.05, 0) is 25.7 Å². The van der Waals surface area contributed by atoms with E-state index >= 15 is 0 Å². The zero-order valence-corrected chi connectivity index (χ0v) is 10.3. The van der Waals surface area contributed by atoms with Crippen molar-refractivity contribution in [3.05, 3.63) is 6.07 Å². The summed E-state index contributed by atoms with van der Waals surface area (Å²) in [5, 5.41) is 3.38. The van der Waals surface area contributed by atoms with Crippen molar-refractivity contribution in [2.45, 2.75) is 45.1 Å². The number of hydrogen-bond donors (Lipinski definition) is 3. The first-order valence-corrected chi connectivity index (χ1v) is 6.31. The number of nitrogens with one attached hydrogen (secondary N) is 1. The molecule has 1 heterocycles. The van der Waals surface area contributed by atoms with Crippen LogP contribution in [0.5, 0.6) is 0 Å². The molecule has 1 aliphatic carbocycles. The Hall–Kier alpha value is -1.52. The van der Waals surface area contributed by atoms with Crippen LogP contribution in [0.15, 0.2) is 6.07 Å². The lowest BCUT2D eigenvalue weighted by Gasteiger charge is -2.28. The summed E-state index contributed by atoms with van der Waals surface area (Å²) in [5.74, 6) is 2.09. The van der Waals surface area contributed by atoms with Gasteiger partial charge in [-0.25, -0.2) is 0 Å². The Labute approximate surface area is 102 Å². The van der Waals surface area contributed by atoms with Crippen molar-refractivity contribution in [3.8, 4) is 0 Å². The topological polar surface area (TPSA) is 89.8 Å². The Morgan fingerprint density at radius 3 is 2.59 bits per heavy atom. The Balaban J connectivity index is 1.99. The number of nitrogen functional groups attached to an aromatic ring is 2. The van der Waals surface area contributed by atoms with Gasteiger partial charge in [0.1, 0.15) is 11.6 Å². The zero-order valence-electron chi connectivity index (χ0n) is 10.3. The van der Waals surface area contributed by atoms with Crippen molar-refractivity contribution in [3.63, 3.8) is 0 Å². The van der Waals surface area contributed by atoms with Crippen molar-refractivity contribution in [2.24, 2.45) is 5.92 Å². The third-order valence-electron chi connectivity index (χ3n) is 3.50. The second-order valence-electron chi connectivity index (χ2n) is 4.87. The molecule has 2 rings (SSSR count). The molecule has 0 spiro atoms. The number of anilines is 3. The maximum atomic E-state index is 5.64. The first kappa shape index (κ1) is 12.0. The van der Waals surface area contributed by atoms with E-state index in [-0.39, 0.29) is 5.95 Å². The van der Waals surface area contributed by atoms with Gasteiger partial charge in [-0.15, -0.1) is 0 Å². The van der Waals surface area contributed by atoms with E-state index in [4.69, 9.17) is 11.5 Å². The van der Waals surface area contributed by atoms with E-state index in [1.807, 2.05) is 0 Å². The standard InChI is InChI=1S/C12H21N5/c1-8(9-5-3-2-4-6-9)15-11-7-10(13)16-12(14)17-11/h7-9H,2-6H2,1H3,(H5,13,14,15,16,17). The van der Waals surface area contributed by atoms with Crippen molar-refractivity contribution in [2.75, 3.05) is 16.8 Å². The van der Waals surface area contributed by atoms with Crippen LogP contribution in [0, 0.1) is 5.92 Å². The largest absolute Gasteiger partial charge is 0.383 e. The van der Waals surface area contributed by atoms with Crippen molar-refractivity contribution >= 4 is 17.6 Å². The number of nitrogens with zero attached hydrogens (tertiary/aromatic N) is 2. The van der Waals surface area contributed by atoms with Crippen molar-refractivity contribution in [1.82, 2.24) is 9.97 Å². The first-order chi connectivity index (χ1) is 8.15. The highest BCUT2D eigenvalue weighted by Gasteiger charge is 2.20. The average Bonchev–Trinajstić information content (AvgIpc) is 2.28. The fourth-order valence-electron chi connectivity index (χ4n) is 2.54. The zero-order chi connectivity index (χ0) is 12.3. The highest BCUT2D eigenvalue weighted by Crippen LogP contribution is 2.27. The number of hydrogen-bond acceptors (Lipinski definition) is 5. The van der Waals surface area contributed by atoms with Gasteiger partial charge in [0, 0.05) is 12.1 Å². The lowest BCUT2D eigenvalue weighted by molar-refractivity contribution is 0.328. The summed E-state index contributed by atoms with van der Waals surface area (Å²) in [5.41, 5.74) is 11.2. The average molecular weight is 235 g/mol. The molecule has 5 N–H and O–H groups in total. The lowest BCUT2D eigenvalue weighted by atomic mass is 9.84. The normalized spacial score (nSPS) is 18.9. The maximum absolute atomic E-state index is 5.64. The molecule has 0 amide bonds. The quantitative estimate of drug-likeness (QED) is 0.745. The van der Waals surface area contributed by atoms with Gasteiger partial charge in [-0.3, -0.25) is 0 Å². The minimum atomic E-state index is 0.225. The fourth-order valence-corrected chi connectivity index (χ4v) is 2.54. The Morgan fingerprint density at radius 1 is 1.24 bits per heavy atom. The maximum Gasteiger partial charge on any atom is 0.223 e. The van der Waals surface area contributed by atoms with E-state index < -0.39 is 0 Å². The lowest BCUT2D eigenvalue weighted by Crippen LogP contribution is -2.28. The third-order valence-corrected chi connectivity index (χ3v) is 3.50. The molecule has 1 atom stereocenters. The molecule has 94 valence electrons. The van der Waals surface area contributed by atoms with E-state index in [0.717, 1.165) is 11.7 Å². The first-order valence-electron chi connectivity index (χ1n) is 6.31. The third kappa shape index (κ3) is 3.22. The number of nitrogens with two attached hydrogens (primary N) is 2. The predicted molar refractivity (Wildman–Crippen MR) is 70.5 cm³/mol. The van der Waals surface area contributed by atoms with E-state index in [0.29, 0.717) is 11.9 Å². The molecule has 1 unspecified atom stereocenters. The van der Waals surface area contributed by atoms with Crippen LogP contribution >= 0.6 is 0 Å². The smallest absolute Gasteiger partial charge is 0.223 e. The molecule has 0 aliphatic heterocycles. The monoisotopic (exact) mass is 235 g/mol. The summed E-state index contributed by atoms with van der Waals surface area (Å²) in [4.78, 5) is 8.00. The van der Waals surface area contributed by atoms with Gasteiger partial charge in [0.25, 0.3) is 0 Å². The Bertz CT molecular complexity index is 353. The molecule has 0 bridgehead atoms. The molecule has 1 saturated carbocycles. The van der Waals surface area contributed by atoms with Crippen LogP contribution in [0.4, 0.5) is 17.6 Å². The van der Waals surface area contributed by atoms with Crippen molar-refractivity contribution < 1.29 is 0 Å². The molecule has 5 heteroatoms. The van der Waals surface area contributed by atoms with Gasteiger partial charge in [-0.2, -0.15) is 9.97 Å². The van der Waals surface area contributed by atoms with Crippen molar-refractivity contribution in [1.29, 1.82) is 0 Å².